The van der Waals surface area contributed by atoms with Gasteiger partial charge in [-0.1, -0.05) is 36.4 Å². The average Bonchev–Trinajstić information content (AvgIpc) is 3.33. The molecule has 0 saturated carbocycles. The zero-order valence-electron chi connectivity index (χ0n) is 19.9. The van der Waals surface area contributed by atoms with Crippen molar-refractivity contribution in [3.8, 4) is 5.75 Å². The van der Waals surface area contributed by atoms with Gasteiger partial charge in [-0.15, -0.1) is 11.3 Å². The Balaban J connectivity index is 1.47. The van der Waals surface area contributed by atoms with Gasteiger partial charge in [0.2, 0.25) is 0 Å². The van der Waals surface area contributed by atoms with E-state index in [4.69, 9.17) is 20.6 Å². The van der Waals surface area contributed by atoms with E-state index in [1.807, 2.05) is 54.6 Å². The number of rotatable bonds is 8. The summed E-state index contributed by atoms with van der Waals surface area (Å²) in [5.41, 5.74) is 7.54. The second kappa shape index (κ2) is 10.9. The van der Waals surface area contributed by atoms with Crippen LogP contribution in [0, 0.1) is 5.41 Å². The van der Waals surface area contributed by atoms with Crippen LogP contribution in [0.3, 0.4) is 0 Å². The van der Waals surface area contributed by atoms with E-state index in [1.54, 1.807) is 38.4 Å². The minimum Gasteiger partial charge on any atom is -0.481 e. The number of hydrogen-bond acceptors (Lipinski definition) is 6. The molecule has 0 spiro atoms. The van der Waals surface area contributed by atoms with Gasteiger partial charge in [0, 0.05) is 35.4 Å². The Morgan fingerprint density at radius 3 is 2.42 bits per heavy atom. The molecule has 0 aliphatic rings. The van der Waals surface area contributed by atoms with Crippen LogP contribution in [0.15, 0.2) is 78.9 Å². The molecule has 4 aromatic rings. The number of nitrogens with two attached hydrogens (primary N) is 1. The van der Waals surface area contributed by atoms with Crippen LogP contribution in [0.5, 0.6) is 5.75 Å². The van der Waals surface area contributed by atoms with E-state index in [2.05, 4.69) is 5.32 Å². The maximum Gasteiger partial charge on any atom is 0.411 e. The van der Waals surface area contributed by atoms with Gasteiger partial charge < -0.3 is 20.1 Å². The molecule has 9 heteroatoms. The second-order valence-corrected chi connectivity index (χ2v) is 9.29. The molecule has 1 atom stereocenters. The van der Waals surface area contributed by atoms with Gasteiger partial charge >= 0.3 is 6.09 Å². The van der Waals surface area contributed by atoms with Crippen LogP contribution in [0.2, 0.25) is 0 Å². The molecule has 0 fully saturated rings. The lowest BCUT2D eigenvalue weighted by Crippen LogP contribution is -2.22. The fourth-order valence-electron chi connectivity index (χ4n) is 3.55. The molecule has 184 valence electrons. The summed E-state index contributed by atoms with van der Waals surface area (Å²) >= 11 is 1.42. The SMILES string of the molecule is CN(C)C(=O)c1ccc(NC(=O)OCC(Oc2cccc3sc(C(=N)N)cc23)c2ccccc2)cc1. The fourth-order valence-corrected chi connectivity index (χ4v) is 4.49. The number of hydrogen-bond donors (Lipinski definition) is 3. The van der Waals surface area contributed by atoms with Gasteiger partial charge in [0.25, 0.3) is 5.91 Å². The number of carbonyl (C=O) groups excluding carboxylic acids is 2. The molecule has 1 aromatic heterocycles. The first-order valence-corrected chi connectivity index (χ1v) is 12.0. The molecule has 0 aliphatic carbocycles. The van der Waals surface area contributed by atoms with Crippen molar-refractivity contribution in [3.05, 3.63) is 94.9 Å². The highest BCUT2D eigenvalue weighted by atomic mass is 32.1. The Morgan fingerprint density at radius 1 is 1.03 bits per heavy atom. The van der Waals surface area contributed by atoms with Crippen LogP contribution in [0.25, 0.3) is 10.1 Å². The smallest absolute Gasteiger partial charge is 0.411 e. The number of amidine groups is 1. The molecule has 3 aromatic carbocycles. The second-order valence-electron chi connectivity index (χ2n) is 8.21. The Hall–Kier alpha value is -4.37. The molecule has 4 rings (SSSR count). The van der Waals surface area contributed by atoms with Crippen LogP contribution >= 0.6 is 11.3 Å². The molecule has 8 nitrogen and oxygen atoms in total. The van der Waals surface area contributed by atoms with Crippen LogP contribution < -0.4 is 15.8 Å². The molecule has 2 amide bonds. The van der Waals surface area contributed by atoms with Crippen LogP contribution in [0.1, 0.15) is 26.9 Å². The summed E-state index contributed by atoms with van der Waals surface area (Å²) in [4.78, 5) is 26.7. The molecule has 0 radical (unpaired) electrons. The average molecular weight is 503 g/mol. The van der Waals surface area contributed by atoms with E-state index in [0.29, 0.717) is 21.9 Å². The quantitative estimate of drug-likeness (QED) is 0.224. The lowest BCUT2D eigenvalue weighted by molar-refractivity contribution is 0.0827. The number of carbonyl (C=O) groups is 2. The van der Waals surface area contributed by atoms with Crippen molar-refractivity contribution >= 4 is 44.9 Å². The summed E-state index contributed by atoms with van der Waals surface area (Å²) in [6.07, 6.45) is -1.21. The zero-order valence-corrected chi connectivity index (χ0v) is 20.7. The highest BCUT2D eigenvalue weighted by Gasteiger charge is 2.19. The van der Waals surface area contributed by atoms with Crippen molar-refractivity contribution in [3.63, 3.8) is 0 Å². The van der Waals surface area contributed by atoms with Crippen molar-refractivity contribution in [2.24, 2.45) is 5.73 Å². The number of benzene rings is 3. The molecule has 0 aliphatic heterocycles. The van der Waals surface area contributed by atoms with E-state index in [1.165, 1.54) is 16.2 Å². The van der Waals surface area contributed by atoms with Crippen LogP contribution in [-0.2, 0) is 4.74 Å². The summed E-state index contributed by atoms with van der Waals surface area (Å²) in [7, 11) is 3.36. The first-order chi connectivity index (χ1) is 17.3. The Labute approximate surface area is 212 Å². The predicted octanol–water partition coefficient (Wildman–Crippen LogP) is 5.26. The maximum absolute atomic E-state index is 12.5. The molecular formula is C27H26N4O4S. The number of amides is 2. The normalized spacial score (nSPS) is 11.5. The third kappa shape index (κ3) is 5.81. The van der Waals surface area contributed by atoms with Crippen molar-refractivity contribution in [2.75, 3.05) is 26.0 Å². The summed E-state index contributed by atoms with van der Waals surface area (Å²) in [6, 6.07) is 23.6. The molecule has 1 unspecified atom stereocenters. The molecular weight excluding hydrogens is 476 g/mol. The number of thiophene rings is 1. The van der Waals surface area contributed by atoms with Gasteiger partial charge in [-0.05, 0) is 48.0 Å². The molecule has 0 saturated heterocycles. The van der Waals surface area contributed by atoms with Crippen molar-refractivity contribution in [1.29, 1.82) is 5.41 Å². The third-order valence-electron chi connectivity index (χ3n) is 5.38. The number of ether oxygens (including phenoxy) is 2. The van der Waals surface area contributed by atoms with Gasteiger partial charge in [0.15, 0.2) is 6.10 Å². The lowest BCUT2D eigenvalue weighted by atomic mass is 10.1. The molecule has 36 heavy (non-hydrogen) atoms. The first-order valence-electron chi connectivity index (χ1n) is 11.2. The Morgan fingerprint density at radius 2 is 1.75 bits per heavy atom. The van der Waals surface area contributed by atoms with E-state index in [9.17, 15) is 9.59 Å². The predicted molar refractivity (Wildman–Crippen MR) is 142 cm³/mol. The minimum atomic E-state index is -0.640. The minimum absolute atomic E-state index is 0.000812. The number of anilines is 1. The third-order valence-corrected chi connectivity index (χ3v) is 6.51. The number of fused-ring (bicyclic) bond motifs is 1. The van der Waals surface area contributed by atoms with E-state index >= 15 is 0 Å². The van der Waals surface area contributed by atoms with Crippen molar-refractivity contribution < 1.29 is 19.1 Å². The van der Waals surface area contributed by atoms with Crippen molar-refractivity contribution in [1.82, 2.24) is 4.90 Å². The van der Waals surface area contributed by atoms with Gasteiger partial charge in [-0.25, -0.2) is 4.79 Å². The topological polar surface area (TPSA) is 118 Å². The Bertz CT molecular complexity index is 1380. The Kier molecular flexibility index (Phi) is 7.50. The summed E-state index contributed by atoms with van der Waals surface area (Å²) in [6.45, 7) is -0.0346. The van der Waals surface area contributed by atoms with Crippen molar-refractivity contribution in [2.45, 2.75) is 6.10 Å². The summed E-state index contributed by atoms with van der Waals surface area (Å²) in [5.74, 6) is 0.485. The first kappa shape index (κ1) is 24.7. The van der Waals surface area contributed by atoms with Crippen LogP contribution in [0.4, 0.5) is 10.5 Å². The molecule has 1 heterocycles. The largest absolute Gasteiger partial charge is 0.481 e. The highest BCUT2D eigenvalue weighted by molar-refractivity contribution is 7.20. The highest BCUT2D eigenvalue weighted by Crippen LogP contribution is 2.35. The molecule has 4 N–H and O–H groups in total. The lowest BCUT2D eigenvalue weighted by Gasteiger charge is -2.20. The maximum atomic E-state index is 12.5. The van der Waals surface area contributed by atoms with E-state index in [0.717, 1.165) is 15.6 Å². The van der Waals surface area contributed by atoms with Gasteiger partial charge in [-0.2, -0.15) is 0 Å². The van der Waals surface area contributed by atoms with E-state index < -0.39 is 12.2 Å². The summed E-state index contributed by atoms with van der Waals surface area (Å²) in [5, 5.41) is 11.2. The van der Waals surface area contributed by atoms with Crippen LogP contribution in [-0.4, -0.2) is 43.4 Å². The molecule has 0 bridgehead atoms. The van der Waals surface area contributed by atoms with E-state index in [-0.39, 0.29) is 18.3 Å². The number of nitrogens with one attached hydrogen (secondary N) is 2. The number of nitrogens with zero attached hydrogens (tertiary/aromatic N) is 1. The monoisotopic (exact) mass is 502 g/mol. The van der Waals surface area contributed by atoms with Gasteiger partial charge in [0.05, 0.1) is 4.88 Å². The standard InChI is InChI=1S/C27H26N4O4S/c1-31(2)26(32)18-11-13-19(14-12-18)30-27(33)34-16-22(17-7-4-3-5-8-17)35-21-9-6-10-23-20(21)15-24(36-23)25(28)29/h3-15,22H,16H2,1-2H3,(H3,28,29)(H,30,33). The number of nitrogen functional groups attached to an aromatic ring is 1. The van der Waals surface area contributed by atoms with Gasteiger partial charge in [-0.3, -0.25) is 15.5 Å². The summed E-state index contributed by atoms with van der Waals surface area (Å²) < 4.78 is 12.8. The zero-order chi connectivity index (χ0) is 25.7. The fraction of sp³-hybridized carbons (Fsp3) is 0.148. The van der Waals surface area contributed by atoms with Gasteiger partial charge in [0.1, 0.15) is 18.2 Å².